The Morgan fingerprint density at radius 3 is 1.16 bits per heavy atom. The van der Waals surface area contributed by atoms with E-state index in [1.54, 1.807) is 0 Å². The minimum atomic E-state index is 0.506. The number of benzene rings is 5. The summed E-state index contributed by atoms with van der Waals surface area (Å²) in [6, 6.07) is 40.3. The second-order valence-corrected chi connectivity index (χ2v) is 10.8. The molecule has 0 aliphatic carbocycles. The van der Waals surface area contributed by atoms with Gasteiger partial charge in [-0.2, -0.15) is 0 Å². The Hall–Kier alpha value is -4.10. The van der Waals surface area contributed by atoms with E-state index in [-0.39, 0.29) is 0 Å². The number of hydrogen-bond donors (Lipinski definition) is 0. The molecule has 0 saturated carbocycles. The summed E-state index contributed by atoms with van der Waals surface area (Å²) in [7, 11) is 0. The first-order valence-electron chi connectivity index (χ1n) is 13.6. The van der Waals surface area contributed by atoms with Gasteiger partial charge in [0.25, 0.3) is 0 Å². The van der Waals surface area contributed by atoms with E-state index in [4.69, 9.17) is 0 Å². The number of hydrogen-bond acceptors (Lipinski definition) is 1. The van der Waals surface area contributed by atoms with Crippen molar-refractivity contribution < 1.29 is 0 Å². The maximum absolute atomic E-state index is 2.35. The Morgan fingerprint density at radius 2 is 0.816 bits per heavy atom. The molecule has 0 aliphatic rings. The third-order valence-corrected chi connectivity index (χ3v) is 7.45. The average Bonchev–Trinajstić information content (AvgIpc) is 2.90. The lowest BCUT2D eigenvalue weighted by Crippen LogP contribution is -2.10. The van der Waals surface area contributed by atoms with Gasteiger partial charge in [0, 0.05) is 17.1 Å². The van der Waals surface area contributed by atoms with Crippen molar-refractivity contribution in [3.8, 4) is 22.3 Å². The Balaban J connectivity index is 1.54. The molecule has 0 aliphatic heterocycles. The topological polar surface area (TPSA) is 3.24 Å². The number of nitrogens with zero attached hydrogens (tertiary/aromatic N) is 1. The Labute approximate surface area is 228 Å². The maximum atomic E-state index is 2.35. The van der Waals surface area contributed by atoms with Crippen LogP contribution in [0.25, 0.3) is 22.3 Å². The van der Waals surface area contributed by atoms with E-state index < -0.39 is 0 Å². The zero-order valence-electron chi connectivity index (χ0n) is 23.4. The normalized spacial score (nSPS) is 11.1. The fourth-order valence-electron chi connectivity index (χ4n) is 5.31. The van der Waals surface area contributed by atoms with Crippen LogP contribution in [0, 0.1) is 27.7 Å². The van der Waals surface area contributed by atoms with Crippen molar-refractivity contribution in [1.82, 2.24) is 0 Å². The molecule has 0 amide bonds. The molecule has 1 heteroatoms. The van der Waals surface area contributed by atoms with Crippen LogP contribution in [0.2, 0.25) is 0 Å². The van der Waals surface area contributed by atoms with E-state index in [1.807, 2.05) is 0 Å². The van der Waals surface area contributed by atoms with Gasteiger partial charge >= 0.3 is 0 Å². The van der Waals surface area contributed by atoms with Crippen molar-refractivity contribution in [2.45, 2.75) is 47.5 Å². The maximum Gasteiger partial charge on any atom is 0.0462 e. The number of rotatable bonds is 6. The highest BCUT2D eigenvalue weighted by Crippen LogP contribution is 2.38. The van der Waals surface area contributed by atoms with Crippen molar-refractivity contribution in [2.75, 3.05) is 4.90 Å². The lowest BCUT2D eigenvalue weighted by molar-refractivity contribution is 0.866. The van der Waals surface area contributed by atoms with Gasteiger partial charge in [0.15, 0.2) is 0 Å². The molecule has 1 nitrogen and oxygen atoms in total. The molecule has 0 N–H and O–H groups in total. The van der Waals surface area contributed by atoms with E-state index in [0.717, 1.165) is 17.1 Å². The summed E-state index contributed by atoms with van der Waals surface area (Å²) in [5.41, 5.74) is 15.1. The molecule has 0 unspecified atom stereocenters. The van der Waals surface area contributed by atoms with Crippen molar-refractivity contribution in [2.24, 2.45) is 0 Å². The molecule has 5 aromatic rings. The van der Waals surface area contributed by atoms with Crippen LogP contribution in [0.5, 0.6) is 0 Å². The van der Waals surface area contributed by atoms with Gasteiger partial charge in [-0.15, -0.1) is 0 Å². The van der Waals surface area contributed by atoms with Crippen LogP contribution in [0.3, 0.4) is 0 Å². The molecule has 0 bridgehead atoms. The molecule has 0 fully saturated rings. The Bertz CT molecular complexity index is 1440. The van der Waals surface area contributed by atoms with Crippen LogP contribution in [0.15, 0.2) is 109 Å². The highest BCUT2D eigenvalue weighted by Gasteiger charge is 2.14. The van der Waals surface area contributed by atoms with Gasteiger partial charge in [-0.1, -0.05) is 97.8 Å². The van der Waals surface area contributed by atoms with Crippen LogP contribution in [-0.4, -0.2) is 0 Å². The second-order valence-electron chi connectivity index (χ2n) is 10.8. The Kier molecular flexibility index (Phi) is 7.20. The lowest BCUT2D eigenvalue weighted by atomic mass is 9.97. The SMILES string of the molecule is Cc1ccc(-c2ccc(N(c3ccc(-c4ccc(C)cc4C)cc3)c3ccc(C(C)C)cc3)cc2)c(C)c1. The number of aryl methyl sites for hydroxylation is 4. The summed E-state index contributed by atoms with van der Waals surface area (Å²) in [4.78, 5) is 2.35. The van der Waals surface area contributed by atoms with E-state index >= 15 is 0 Å². The van der Waals surface area contributed by atoms with Crippen molar-refractivity contribution in [3.63, 3.8) is 0 Å². The summed E-state index contributed by atoms with van der Waals surface area (Å²) >= 11 is 0. The molecule has 5 rings (SSSR count). The molecule has 0 heterocycles. The summed E-state index contributed by atoms with van der Waals surface area (Å²) in [6.45, 7) is 13.2. The molecule has 0 spiro atoms. The Morgan fingerprint density at radius 1 is 0.447 bits per heavy atom. The summed E-state index contributed by atoms with van der Waals surface area (Å²) < 4.78 is 0. The first-order valence-corrected chi connectivity index (χ1v) is 13.6. The van der Waals surface area contributed by atoms with Gasteiger partial charge in [-0.05, 0) is 109 Å². The predicted octanol–water partition coefficient (Wildman–Crippen LogP) is 10.8. The van der Waals surface area contributed by atoms with E-state index in [9.17, 15) is 0 Å². The first kappa shape index (κ1) is 25.5. The van der Waals surface area contributed by atoms with Gasteiger partial charge in [-0.25, -0.2) is 0 Å². The van der Waals surface area contributed by atoms with Gasteiger partial charge < -0.3 is 4.90 Å². The summed E-state index contributed by atoms with van der Waals surface area (Å²) in [5, 5.41) is 0. The molecule has 0 aromatic heterocycles. The zero-order chi connectivity index (χ0) is 26.8. The predicted molar refractivity (Wildman–Crippen MR) is 165 cm³/mol. The van der Waals surface area contributed by atoms with Crippen LogP contribution in [0.1, 0.15) is 47.6 Å². The average molecular weight is 496 g/mol. The third kappa shape index (κ3) is 5.29. The van der Waals surface area contributed by atoms with E-state index in [1.165, 1.54) is 50.1 Å². The lowest BCUT2D eigenvalue weighted by Gasteiger charge is -2.26. The van der Waals surface area contributed by atoms with E-state index in [0.29, 0.717) is 5.92 Å². The molecular weight excluding hydrogens is 458 g/mol. The molecule has 0 saturated heterocycles. The number of anilines is 3. The fourth-order valence-corrected chi connectivity index (χ4v) is 5.31. The largest absolute Gasteiger partial charge is 0.311 e. The van der Waals surface area contributed by atoms with E-state index in [2.05, 4.69) is 156 Å². The molecule has 0 radical (unpaired) electrons. The van der Waals surface area contributed by atoms with Crippen LogP contribution >= 0.6 is 0 Å². The quantitative estimate of drug-likeness (QED) is 0.226. The third-order valence-electron chi connectivity index (χ3n) is 7.45. The second kappa shape index (κ2) is 10.7. The van der Waals surface area contributed by atoms with Gasteiger partial charge in [0.1, 0.15) is 0 Å². The monoisotopic (exact) mass is 495 g/mol. The van der Waals surface area contributed by atoms with Crippen molar-refractivity contribution >= 4 is 17.1 Å². The van der Waals surface area contributed by atoms with Gasteiger partial charge in [0.05, 0.1) is 0 Å². The van der Waals surface area contributed by atoms with Crippen LogP contribution in [0.4, 0.5) is 17.1 Å². The smallest absolute Gasteiger partial charge is 0.0462 e. The molecule has 5 aromatic carbocycles. The summed E-state index contributed by atoms with van der Waals surface area (Å²) in [5.74, 6) is 0.506. The van der Waals surface area contributed by atoms with Crippen LogP contribution in [-0.2, 0) is 0 Å². The van der Waals surface area contributed by atoms with Gasteiger partial charge in [0.2, 0.25) is 0 Å². The highest BCUT2D eigenvalue weighted by atomic mass is 15.1. The molecule has 190 valence electrons. The molecular formula is C37H37N. The molecule has 38 heavy (non-hydrogen) atoms. The minimum Gasteiger partial charge on any atom is -0.311 e. The van der Waals surface area contributed by atoms with Crippen molar-refractivity contribution in [3.05, 3.63) is 137 Å². The fraction of sp³-hybridized carbons (Fsp3) is 0.189. The standard InChI is InChI=1S/C37H37N/c1-25(2)30-9-15-33(16-10-30)38(34-17-11-31(12-18-34)36-21-7-26(3)23-28(36)5)35-19-13-32(14-20-35)37-22-8-27(4)24-29(37)6/h7-25H,1-6H3. The zero-order valence-corrected chi connectivity index (χ0v) is 23.4. The minimum absolute atomic E-state index is 0.506. The molecule has 0 atom stereocenters. The summed E-state index contributed by atoms with van der Waals surface area (Å²) in [6.07, 6.45) is 0. The highest BCUT2D eigenvalue weighted by molar-refractivity contribution is 5.80. The van der Waals surface area contributed by atoms with Gasteiger partial charge in [-0.3, -0.25) is 0 Å². The first-order chi connectivity index (χ1) is 18.3. The van der Waals surface area contributed by atoms with Crippen LogP contribution < -0.4 is 4.90 Å². The van der Waals surface area contributed by atoms with Crippen molar-refractivity contribution in [1.29, 1.82) is 0 Å².